The van der Waals surface area contributed by atoms with Crippen LogP contribution in [0.2, 0.25) is 0 Å². The number of aliphatic carboxylic acids is 1. The molecule has 4 amide bonds. The number of hydrogen-bond acceptors (Lipinski definition) is 9. The number of aromatic amines is 1. The molecule has 0 fully saturated rings. The maximum absolute atomic E-state index is 13.4. The van der Waals surface area contributed by atoms with Crippen molar-refractivity contribution in [1.29, 1.82) is 0 Å². The lowest BCUT2D eigenvalue weighted by Crippen LogP contribution is -2.57. The summed E-state index contributed by atoms with van der Waals surface area (Å²) in [6.45, 7) is 1.32. The zero-order valence-corrected chi connectivity index (χ0v) is 22.8. The van der Waals surface area contributed by atoms with Gasteiger partial charge in [0.15, 0.2) is 0 Å². The van der Waals surface area contributed by atoms with Crippen LogP contribution >= 0.6 is 0 Å². The second-order valence-electron chi connectivity index (χ2n) is 9.51. The Bertz CT molecular complexity index is 1160. The van der Waals surface area contributed by atoms with E-state index in [0.717, 1.165) is 0 Å². The van der Waals surface area contributed by atoms with Crippen molar-refractivity contribution in [3.05, 3.63) is 48.0 Å². The second-order valence-corrected chi connectivity index (χ2v) is 9.51. The predicted octanol–water partition coefficient (Wildman–Crippen LogP) is -1.97. The fourth-order valence-electron chi connectivity index (χ4n) is 3.73. The molecule has 0 spiro atoms. The summed E-state index contributed by atoms with van der Waals surface area (Å²) >= 11 is 0. The number of nitrogens with two attached hydrogens (primary N) is 2. The molecule has 0 aliphatic rings. The van der Waals surface area contributed by atoms with Gasteiger partial charge in [0.2, 0.25) is 23.6 Å². The van der Waals surface area contributed by atoms with E-state index >= 15 is 0 Å². The van der Waals surface area contributed by atoms with Gasteiger partial charge in [-0.15, -0.1) is 0 Å². The summed E-state index contributed by atoms with van der Waals surface area (Å²) in [6.07, 6.45) is 4.58. The van der Waals surface area contributed by atoms with Crippen LogP contribution in [0.1, 0.15) is 37.4 Å². The number of aromatic nitrogens is 2. The number of hydrogen-bond donors (Lipinski definition) is 9. The van der Waals surface area contributed by atoms with E-state index in [1.807, 2.05) is 0 Å². The highest BCUT2D eigenvalue weighted by molar-refractivity contribution is 5.94. The number of nitrogens with zero attached hydrogens (tertiary/aromatic N) is 1. The average Bonchev–Trinajstić information content (AvgIpc) is 3.45. The van der Waals surface area contributed by atoms with Crippen molar-refractivity contribution >= 4 is 29.6 Å². The minimum atomic E-state index is -1.27. The van der Waals surface area contributed by atoms with E-state index in [2.05, 4.69) is 31.2 Å². The van der Waals surface area contributed by atoms with Crippen LogP contribution in [0, 0.1) is 0 Å². The number of nitrogens with one attached hydrogen (secondary N) is 5. The molecule has 2 aromatic rings. The van der Waals surface area contributed by atoms with Gasteiger partial charge in [-0.25, -0.2) is 4.98 Å². The predicted molar refractivity (Wildman–Crippen MR) is 147 cm³/mol. The van der Waals surface area contributed by atoms with Crippen LogP contribution in [-0.4, -0.2) is 87.0 Å². The molecule has 2 rings (SSSR count). The van der Waals surface area contributed by atoms with E-state index in [1.165, 1.54) is 31.6 Å². The van der Waals surface area contributed by atoms with Crippen molar-refractivity contribution in [1.82, 2.24) is 31.2 Å². The summed E-state index contributed by atoms with van der Waals surface area (Å²) in [6, 6.07) is 1.47. The fourth-order valence-corrected chi connectivity index (χ4v) is 3.73. The van der Waals surface area contributed by atoms with Crippen LogP contribution in [0.4, 0.5) is 0 Å². The highest BCUT2D eigenvalue weighted by Gasteiger charge is 2.29. The quantitative estimate of drug-likeness (QED) is 0.0942. The summed E-state index contributed by atoms with van der Waals surface area (Å²) in [5.74, 6) is -3.96. The average molecular weight is 575 g/mol. The summed E-state index contributed by atoms with van der Waals surface area (Å²) in [7, 11) is 0. The van der Waals surface area contributed by atoms with Gasteiger partial charge < -0.3 is 47.9 Å². The normalized spacial score (nSPS) is 13.7. The summed E-state index contributed by atoms with van der Waals surface area (Å²) in [5, 5.41) is 28.7. The Hall–Kier alpha value is -4.50. The third-order valence-electron chi connectivity index (χ3n) is 6.10. The first-order chi connectivity index (χ1) is 19.5. The van der Waals surface area contributed by atoms with Crippen molar-refractivity contribution in [2.24, 2.45) is 11.5 Å². The van der Waals surface area contributed by atoms with Gasteiger partial charge in [0, 0.05) is 24.7 Å². The summed E-state index contributed by atoms with van der Waals surface area (Å²) in [5.41, 5.74) is 12.4. The lowest BCUT2D eigenvalue weighted by molar-refractivity contribution is -0.141. The zero-order valence-electron chi connectivity index (χ0n) is 22.8. The van der Waals surface area contributed by atoms with Crippen molar-refractivity contribution in [3.8, 4) is 5.75 Å². The molecular formula is C26H38N8O7. The molecular weight excluding hydrogens is 536 g/mol. The summed E-state index contributed by atoms with van der Waals surface area (Å²) < 4.78 is 0. The topological polar surface area (TPSA) is 255 Å². The van der Waals surface area contributed by atoms with Gasteiger partial charge in [0.05, 0.1) is 18.9 Å². The maximum atomic E-state index is 13.4. The van der Waals surface area contributed by atoms with Crippen LogP contribution in [0.5, 0.6) is 5.75 Å². The SMILES string of the molecule is C[C@H](NC(=O)[C@H](Cc1ccc(O)cc1)NC(=O)[C@H](Cc1cnc[nH]1)NC(=O)CNC(=O)[C@@H](N)CCCCN)C(=O)O. The highest BCUT2D eigenvalue weighted by Crippen LogP contribution is 2.12. The molecule has 1 aromatic heterocycles. The van der Waals surface area contributed by atoms with E-state index in [9.17, 15) is 34.2 Å². The number of imidazole rings is 1. The van der Waals surface area contributed by atoms with Crippen LogP contribution < -0.4 is 32.7 Å². The number of rotatable bonds is 17. The molecule has 0 radical (unpaired) electrons. The van der Waals surface area contributed by atoms with Gasteiger partial charge in [0.25, 0.3) is 0 Å². The number of amides is 4. The molecule has 0 saturated heterocycles. The largest absolute Gasteiger partial charge is 0.508 e. The van der Waals surface area contributed by atoms with E-state index in [4.69, 9.17) is 11.5 Å². The monoisotopic (exact) mass is 574 g/mol. The number of phenolic OH excluding ortho intramolecular Hbond substituents is 1. The number of carbonyl (C=O) groups excluding carboxylic acids is 4. The maximum Gasteiger partial charge on any atom is 0.325 e. The van der Waals surface area contributed by atoms with Gasteiger partial charge in [-0.2, -0.15) is 0 Å². The number of carbonyl (C=O) groups is 5. The van der Waals surface area contributed by atoms with Crippen LogP contribution in [0.25, 0.3) is 0 Å². The molecule has 11 N–H and O–H groups in total. The smallest absolute Gasteiger partial charge is 0.325 e. The zero-order chi connectivity index (χ0) is 30.4. The molecule has 1 aromatic carbocycles. The molecule has 0 bridgehead atoms. The van der Waals surface area contributed by atoms with Crippen LogP contribution in [-0.2, 0) is 36.8 Å². The molecule has 15 heteroatoms. The molecule has 1 heterocycles. The number of benzene rings is 1. The molecule has 15 nitrogen and oxygen atoms in total. The first-order valence-corrected chi connectivity index (χ1v) is 13.1. The number of aromatic hydroxyl groups is 1. The van der Waals surface area contributed by atoms with Crippen molar-refractivity contribution < 1.29 is 34.2 Å². The van der Waals surface area contributed by atoms with E-state index in [0.29, 0.717) is 37.1 Å². The minimum absolute atomic E-state index is 0.00391. The van der Waals surface area contributed by atoms with Crippen molar-refractivity contribution in [2.75, 3.05) is 13.1 Å². The first kappa shape index (κ1) is 32.7. The molecule has 0 aliphatic carbocycles. The van der Waals surface area contributed by atoms with Gasteiger partial charge >= 0.3 is 5.97 Å². The Balaban J connectivity index is 2.13. The third kappa shape index (κ3) is 11.6. The van der Waals surface area contributed by atoms with Gasteiger partial charge in [-0.1, -0.05) is 18.6 Å². The Morgan fingerprint density at radius 1 is 0.951 bits per heavy atom. The van der Waals surface area contributed by atoms with Gasteiger partial charge in [-0.05, 0) is 44.0 Å². The molecule has 41 heavy (non-hydrogen) atoms. The number of phenols is 1. The molecule has 224 valence electrons. The Morgan fingerprint density at radius 2 is 1.61 bits per heavy atom. The number of unbranched alkanes of at least 4 members (excludes halogenated alkanes) is 1. The third-order valence-corrected chi connectivity index (χ3v) is 6.10. The lowest BCUT2D eigenvalue weighted by Gasteiger charge is -2.24. The fraction of sp³-hybridized carbons (Fsp3) is 0.462. The molecule has 4 atom stereocenters. The molecule has 0 unspecified atom stereocenters. The van der Waals surface area contributed by atoms with Crippen LogP contribution in [0.3, 0.4) is 0 Å². The Labute approximate surface area is 236 Å². The number of H-pyrrole nitrogens is 1. The van der Waals surface area contributed by atoms with Crippen molar-refractivity contribution in [2.45, 2.75) is 63.2 Å². The standard InChI is InChI=1S/C26H38N8O7/c1-15(26(40)41)32-24(38)20(10-16-5-7-18(35)8-6-16)34-25(39)21(11-17-12-29-14-31-17)33-22(36)13-30-23(37)19(28)4-2-3-9-27/h5-8,12,14-15,19-21,35H,2-4,9-11,13,27-28H2,1H3,(H,29,31)(H,30,37)(H,32,38)(H,33,36)(H,34,39)(H,40,41)/t15-,19-,20-,21-/m0/s1. The number of carboxylic acids is 1. The second kappa shape index (κ2) is 16.6. The molecule has 0 saturated carbocycles. The van der Waals surface area contributed by atoms with Crippen LogP contribution in [0.15, 0.2) is 36.8 Å². The Kier molecular flexibility index (Phi) is 13.2. The van der Waals surface area contributed by atoms with Crippen molar-refractivity contribution in [3.63, 3.8) is 0 Å². The van der Waals surface area contributed by atoms with Gasteiger partial charge in [-0.3, -0.25) is 24.0 Å². The van der Waals surface area contributed by atoms with E-state index in [-0.39, 0.29) is 18.6 Å². The Morgan fingerprint density at radius 3 is 2.22 bits per heavy atom. The lowest BCUT2D eigenvalue weighted by atomic mass is 10.0. The van der Waals surface area contributed by atoms with E-state index < -0.39 is 60.3 Å². The highest BCUT2D eigenvalue weighted by atomic mass is 16.4. The van der Waals surface area contributed by atoms with Gasteiger partial charge in [0.1, 0.15) is 23.9 Å². The van der Waals surface area contributed by atoms with E-state index in [1.54, 1.807) is 12.1 Å². The minimum Gasteiger partial charge on any atom is -0.508 e. The number of carboxylic acid groups (broad SMARTS) is 1. The first-order valence-electron chi connectivity index (χ1n) is 13.1. The molecule has 0 aliphatic heterocycles. The summed E-state index contributed by atoms with van der Waals surface area (Å²) in [4.78, 5) is 69.2.